The van der Waals surface area contributed by atoms with Gasteiger partial charge in [0.05, 0.1) is 19.6 Å². The Balaban J connectivity index is 3.29. The summed E-state index contributed by atoms with van der Waals surface area (Å²) in [4.78, 5) is 4.89. The van der Waals surface area contributed by atoms with Crippen LogP contribution in [-0.4, -0.2) is 33.7 Å². The number of benzene rings is 2. The lowest BCUT2D eigenvalue weighted by Crippen LogP contribution is -2.08. The Morgan fingerprint density at radius 2 is 0.658 bits per heavy atom. The van der Waals surface area contributed by atoms with Crippen molar-refractivity contribution in [2.45, 2.75) is 33.4 Å². The molecule has 0 aromatic heterocycles. The smallest absolute Gasteiger partial charge is 0.216 e. The number of nitrogens with zero attached hydrogens (tertiary/aromatic N) is 12. The summed E-state index contributed by atoms with van der Waals surface area (Å²) in [6, 6.07) is 2.86. The predicted molar refractivity (Wildman–Crippen MR) is 127 cm³/mol. The van der Waals surface area contributed by atoms with Crippen LogP contribution < -0.4 is 0 Å². The minimum absolute atomic E-state index is 0.510. The molecule has 0 atom stereocenters. The predicted octanol–water partition coefficient (Wildman–Crippen LogP) is 3.97. The van der Waals surface area contributed by atoms with Gasteiger partial charge in [0.2, 0.25) is 0 Å². The third-order valence-corrected chi connectivity index (χ3v) is 9.72. The molecule has 0 N–H and O–H groups in total. The molecule has 24 heteroatoms. The Hall–Kier alpha value is -4.52. The Labute approximate surface area is 213 Å². The molecule has 2 aromatic rings. The molecule has 0 aliphatic heterocycles. The molecule has 198 valence electrons. The number of hydrogen-bond donors (Lipinski definition) is 0. The molecule has 2 aromatic carbocycles. The molecule has 0 aliphatic carbocycles. The first kappa shape index (κ1) is 29.7. The number of hydrogen-bond acceptors (Lipinski definition) is 8. The molecule has 0 radical (unpaired) electrons. The highest BCUT2D eigenvalue weighted by Crippen LogP contribution is 2.37. The molecule has 0 aliphatic rings. The van der Waals surface area contributed by atoms with E-state index in [9.17, 15) is 33.7 Å². The van der Waals surface area contributed by atoms with Crippen LogP contribution in [0, 0.1) is 13.8 Å². The molecule has 0 saturated heterocycles. The van der Waals surface area contributed by atoms with Crippen LogP contribution in [0.4, 0.5) is 0 Å². The summed E-state index contributed by atoms with van der Waals surface area (Å²) in [6.07, 6.45) is 0. The standard InChI is InChI=1S/C14H10N12O8S4/c1-7-11(35(27,28)23-19-15)3-9(4-12(7)36(29,30)24-20-16)10-5-13(37(31,32)25-21-17)8(2)14(6-10)38(33,34)26-22-18/h3-6H,1-2H3. The molecule has 0 unspecified atom stereocenters. The van der Waals surface area contributed by atoms with E-state index in [2.05, 4.69) is 37.7 Å². The van der Waals surface area contributed by atoms with Crippen molar-refractivity contribution >= 4 is 40.1 Å². The number of sulfonamides is 4. The van der Waals surface area contributed by atoms with Gasteiger partial charge in [0.25, 0.3) is 40.1 Å². The summed E-state index contributed by atoms with van der Waals surface area (Å²) in [5.74, 6) is 0. The lowest BCUT2D eigenvalue weighted by atomic mass is 10.0. The van der Waals surface area contributed by atoms with Crippen molar-refractivity contribution in [3.8, 4) is 11.1 Å². The molecule has 0 fully saturated rings. The van der Waals surface area contributed by atoms with Gasteiger partial charge in [-0.1, -0.05) is 0 Å². The van der Waals surface area contributed by atoms with Crippen molar-refractivity contribution in [1.29, 1.82) is 0 Å². The summed E-state index contributed by atoms with van der Waals surface area (Å²) in [6.45, 7) is 1.93. The number of rotatable bonds is 9. The first-order valence-electron chi connectivity index (χ1n) is 9.04. The highest BCUT2D eigenvalue weighted by atomic mass is 32.2. The second-order valence-electron chi connectivity index (χ2n) is 6.78. The lowest BCUT2D eigenvalue weighted by molar-refractivity contribution is 0.590. The van der Waals surface area contributed by atoms with Crippen LogP contribution in [0.2, 0.25) is 0 Å². The summed E-state index contributed by atoms with van der Waals surface area (Å²) in [7, 11) is -19.7. The van der Waals surface area contributed by atoms with Crippen molar-refractivity contribution < 1.29 is 33.7 Å². The Bertz CT molecular complexity index is 1730. The largest absolute Gasteiger partial charge is 0.264 e. The molecule has 0 bridgehead atoms. The molecule has 0 heterocycles. The fraction of sp³-hybridized carbons (Fsp3) is 0.143. The zero-order valence-electron chi connectivity index (χ0n) is 18.6. The topological polar surface area (TPSA) is 332 Å². The van der Waals surface area contributed by atoms with E-state index in [1.165, 1.54) is 0 Å². The van der Waals surface area contributed by atoms with Gasteiger partial charge in [0, 0.05) is 37.7 Å². The van der Waals surface area contributed by atoms with Gasteiger partial charge in [-0.05, 0) is 82.5 Å². The first-order chi connectivity index (χ1) is 17.5. The van der Waals surface area contributed by atoms with E-state index in [4.69, 9.17) is 22.1 Å². The van der Waals surface area contributed by atoms with E-state index in [0.717, 1.165) is 13.8 Å². The maximum Gasteiger partial charge on any atom is 0.264 e. The van der Waals surface area contributed by atoms with Gasteiger partial charge in [-0.25, -0.2) is 33.7 Å². The van der Waals surface area contributed by atoms with Crippen LogP contribution >= 0.6 is 0 Å². The first-order valence-corrected chi connectivity index (χ1v) is 14.8. The minimum Gasteiger partial charge on any atom is -0.216 e. The van der Waals surface area contributed by atoms with Crippen molar-refractivity contribution in [2.75, 3.05) is 0 Å². The van der Waals surface area contributed by atoms with E-state index in [0.29, 0.717) is 24.3 Å². The van der Waals surface area contributed by atoms with Crippen molar-refractivity contribution in [3.05, 3.63) is 77.2 Å². The van der Waals surface area contributed by atoms with Gasteiger partial charge < -0.3 is 0 Å². The minimum atomic E-state index is -4.93. The normalized spacial score (nSPS) is 11.7. The average molecular weight is 603 g/mol. The molecular weight excluding hydrogens is 592 g/mol. The van der Waals surface area contributed by atoms with Crippen LogP contribution in [0.25, 0.3) is 52.9 Å². The summed E-state index contributed by atoms with van der Waals surface area (Å²) < 4.78 is 111. The van der Waals surface area contributed by atoms with Crippen LogP contribution in [-0.2, 0) is 40.1 Å². The van der Waals surface area contributed by atoms with Gasteiger partial charge in [-0.3, -0.25) is 0 Å². The van der Waals surface area contributed by atoms with Crippen LogP contribution in [0.3, 0.4) is 0 Å². The van der Waals surface area contributed by atoms with E-state index < -0.39 is 81.9 Å². The van der Waals surface area contributed by atoms with Crippen molar-refractivity contribution in [2.24, 2.45) is 18.1 Å². The third kappa shape index (κ3) is 5.72. The van der Waals surface area contributed by atoms with Gasteiger partial charge in [0.15, 0.2) is 0 Å². The Morgan fingerprint density at radius 1 is 0.474 bits per heavy atom. The van der Waals surface area contributed by atoms with Gasteiger partial charge >= 0.3 is 0 Å². The second-order valence-corrected chi connectivity index (χ2v) is 13.0. The zero-order chi connectivity index (χ0) is 29.1. The maximum atomic E-state index is 12.5. The van der Waals surface area contributed by atoms with Gasteiger partial charge in [-0.15, -0.1) is 0 Å². The molecule has 20 nitrogen and oxygen atoms in total. The fourth-order valence-corrected chi connectivity index (χ4v) is 7.05. The highest BCUT2D eigenvalue weighted by Gasteiger charge is 2.28. The van der Waals surface area contributed by atoms with Gasteiger partial charge in [0.1, 0.15) is 0 Å². The summed E-state index contributed by atoms with van der Waals surface area (Å²) >= 11 is 0. The van der Waals surface area contributed by atoms with Crippen molar-refractivity contribution in [3.63, 3.8) is 0 Å². The van der Waals surface area contributed by atoms with Gasteiger partial charge in [-0.2, -0.15) is 0 Å². The second kappa shape index (κ2) is 10.5. The van der Waals surface area contributed by atoms with E-state index >= 15 is 0 Å². The van der Waals surface area contributed by atoms with E-state index in [1.807, 2.05) is 0 Å². The SMILES string of the molecule is Cc1c(S(=O)(=O)N=[N+]=[N-])cc(-c2cc(S(=O)(=O)N=[N+]=[N-])c(C)c(S(=O)(=O)N=[N+]=[N-])c2)cc1S(=O)(=O)N=[N+]=[N-]. The zero-order valence-corrected chi connectivity index (χ0v) is 21.8. The molecule has 0 spiro atoms. The maximum absolute atomic E-state index is 12.5. The van der Waals surface area contributed by atoms with Crippen LogP contribution in [0.5, 0.6) is 0 Å². The molecule has 2 rings (SSSR count). The highest BCUT2D eigenvalue weighted by molar-refractivity contribution is 7.91. The summed E-state index contributed by atoms with van der Waals surface area (Å²) in [5.41, 5.74) is 32.3. The summed E-state index contributed by atoms with van der Waals surface area (Å²) in [5, 5.41) is 0. The van der Waals surface area contributed by atoms with E-state index in [-0.39, 0.29) is 0 Å². The number of azide groups is 4. The Kier molecular flexibility index (Phi) is 8.18. The molecule has 0 saturated carbocycles. The monoisotopic (exact) mass is 602 g/mol. The van der Waals surface area contributed by atoms with Crippen LogP contribution in [0.15, 0.2) is 61.9 Å². The quantitative estimate of drug-likeness (QED) is 0.229. The Morgan fingerprint density at radius 3 is 0.816 bits per heavy atom. The molecule has 0 amide bonds. The van der Waals surface area contributed by atoms with Crippen LogP contribution in [0.1, 0.15) is 11.1 Å². The van der Waals surface area contributed by atoms with E-state index in [1.54, 1.807) is 0 Å². The molecular formula is C14H10N12O8S4. The third-order valence-electron chi connectivity index (χ3n) is 4.65. The lowest BCUT2D eigenvalue weighted by Gasteiger charge is -2.15. The average Bonchev–Trinajstić information content (AvgIpc) is 2.78. The van der Waals surface area contributed by atoms with Crippen molar-refractivity contribution in [1.82, 2.24) is 0 Å². The molecule has 38 heavy (non-hydrogen) atoms. The fourth-order valence-electron chi connectivity index (χ4n) is 3.10.